The minimum absolute atomic E-state index is 0.184. The molecule has 0 spiro atoms. The molecule has 7 nitrogen and oxygen atoms in total. The Hall–Kier alpha value is -2.90. The highest BCUT2D eigenvalue weighted by molar-refractivity contribution is 5.89. The van der Waals surface area contributed by atoms with Crippen LogP contribution in [0.3, 0.4) is 0 Å². The molecule has 1 N–H and O–H groups in total. The first kappa shape index (κ1) is 24.2. The van der Waals surface area contributed by atoms with Crippen molar-refractivity contribution in [1.82, 2.24) is 14.9 Å². The summed E-state index contributed by atoms with van der Waals surface area (Å²) in [6.45, 7) is 5.39. The number of para-hydroxylation sites is 1. The number of likely N-dealkylation sites (tertiary alicyclic amines) is 1. The minimum Gasteiger partial charge on any atom is -0.493 e. The van der Waals surface area contributed by atoms with Gasteiger partial charge in [-0.25, -0.2) is 9.97 Å². The zero-order valence-corrected chi connectivity index (χ0v) is 20.7. The van der Waals surface area contributed by atoms with E-state index in [1.807, 2.05) is 24.3 Å². The van der Waals surface area contributed by atoms with E-state index in [4.69, 9.17) is 19.4 Å². The van der Waals surface area contributed by atoms with Crippen LogP contribution in [0.4, 0.5) is 5.82 Å². The Morgan fingerprint density at radius 1 is 1.06 bits per heavy atom. The van der Waals surface area contributed by atoms with Crippen molar-refractivity contribution in [2.45, 2.75) is 45.4 Å². The van der Waals surface area contributed by atoms with E-state index in [2.05, 4.69) is 42.0 Å². The lowest BCUT2D eigenvalue weighted by molar-refractivity contribution is 0.0543. The molecule has 4 rings (SSSR count). The first-order valence-electron chi connectivity index (χ1n) is 12.1. The molecule has 0 aliphatic carbocycles. The van der Waals surface area contributed by atoms with Crippen LogP contribution in [0.25, 0.3) is 10.9 Å². The number of aliphatic hydroxyl groups is 1. The quantitative estimate of drug-likeness (QED) is 0.507. The van der Waals surface area contributed by atoms with Gasteiger partial charge in [-0.05, 0) is 68.1 Å². The van der Waals surface area contributed by atoms with Gasteiger partial charge in [0, 0.05) is 19.0 Å². The van der Waals surface area contributed by atoms with E-state index in [1.165, 1.54) is 0 Å². The SMILES string of the molecule is CC[C@@H](O)C1CCN(Cc2nc(N(C)Cc3ccc(OC)c(OC)c3)c3ccccc3n2)CC1. The van der Waals surface area contributed by atoms with Gasteiger partial charge in [0.15, 0.2) is 11.5 Å². The van der Waals surface area contributed by atoms with E-state index in [-0.39, 0.29) is 6.10 Å². The predicted octanol–water partition coefficient (Wildman–Crippen LogP) is 4.27. The Morgan fingerprint density at radius 3 is 2.50 bits per heavy atom. The fourth-order valence-corrected chi connectivity index (χ4v) is 4.83. The fourth-order valence-electron chi connectivity index (χ4n) is 4.83. The second-order valence-corrected chi connectivity index (χ2v) is 9.12. The van der Waals surface area contributed by atoms with Crippen LogP contribution in [-0.4, -0.2) is 60.4 Å². The van der Waals surface area contributed by atoms with Gasteiger partial charge in [-0.2, -0.15) is 0 Å². The van der Waals surface area contributed by atoms with Gasteiger partial charge in [0.25, 0.3) is 0 Å². The molecule has 0 unspecified atom stereocenters. The lowest BCUT2D eigenvalue weighted by atomic mass is 9.90. The summed E-state index contributed by atoms with van der Waals surface area (Å²) < 4.78 is 10.9. The molecule has 182 valence electrons. The lowest BCUT2D eigenvalue weighted by Crippen LogP contribution is -2.37. The Bertz CT molecular complexity index is 1100. The average Bonchev–Trinajstić information content (AvgIpc) is 2.88. The van der Waals surface area contributed by atoms with Crippen molar-refractivity contribution in [3.63, 3.8) is 0 Å². The summed E-state index contributed by atoms with van der Waals surface area (Å²) >= 11 is 0. The summed E-state index contributed by atoms with van der Waals surface area (Å²) in [6.07, 6.45) is 2.69. The molecule has 34 heavy (non-hydrogen) atoms. The van der Waals surface area contributed by atoms with Crippen molar-refractivity contribution in [3.8, 4) is 11.5 Å². The molecular weight excluding hydrogens is 428 g/mol. The number of aliphatic hydroxyl groups excluding tert-OH is 1. The average molecular weight is 465 g/mol. The number of ether oxygens (including phenoxy) is 2. The molecule has 1 aromatic heterocycles. The maximum atomic E-state index is 10.2. The summed E-state index contributed by atoms with van der Waals surface area (Å²) in [4.78, 5) is 14.4. The number of piperidine rings is 1. The Balaban J connectivity index is 1.54. The van der Waals surface area contributed by atoms with E-state index in [9.17, 15) is 5.11 Å². The second-order valence-electron chi connectivity index (χ2n) is 9.12. The molecule has 1 saturated heterocycles. The number of rotatable bonds is 9. The van der Waals surface area contributed by atoms with Gasteiger partial charge in [-0.15, -0.1) is 0 Å². The highest BCUT2D eigenvalue weighted by atomic mass is 16.5. The Morgan fingerprint density at radius 2 is 1.79 bits per heavy atom. The van der Waals surface area contributed by atoms with E-state index in [0.29, 0.717) is 12.5 Å². The third kappa shape index (κ3) is 5.42. The van der Waals surface area contributed by atoms with Crippen LogP contribution in [0.5, 0.6) is 11.5 Å². The van der Waals surface area contributed by atoms with E-state index >= 15 is 0 Å². The van der Waals surface area contributed by atoms with Crippen molar-refractivity contribution in [1.29, 1.82) is 0 Å². The summed E-state index contributed by atoms with van der Waals surface area (Å²) in [5.41, 5.74) is 2.07. The molecule has 0 saturated carbocycles. The zero-order chi connectivity index (χ0) is 24.1. The van der Waals surface area contributed by atoms with Crippen LogP contribution < -0.4 is 14.4 Å². The van der Waals surface area contributed by atoms with Crippen LogP contribution in [0.2, 0.25) is 0 Å². The second kappa shape index (κ2) is 11.0. The molecule has 0 amide bonds. The third-order valence-electron chi connectivity index (χ3n) is 6.82. The maximum absolute atomic E-state index is 10.2. The molecule has 7 heteroatoms. The van der Waals surface area contributed by atoms with Crippen molar-refractivity contribution in [3.05, 3.63) is 53.9 Å². The van der Waals surface area contributed by atoms with Gasteiger partial charge in [0.1, 0.15) is 11.6 Å². The van der Waals surface area contributed by atoms with Crippen LogP contribution in [0, 0.1) is 5.92 Å². The van der Waals surface area contributed by atoms with Crippen molar-refractivity contribution in [2.24, 2.45) is 5.92 Å². The molecule has 1 aliphatic rings. The molecule has 0 bridgehead atoms. The summed E-state index contributed by atoms with van der Waals surface area (Å²) in [5, 5.41) is 11.2. The van der Waals surface area contributed by atoms with Crippen molar-refractivity contribution >= 4 is 16.7 Å². The number of fused-ring (bicyclic) bond motifs is 1. The number of anilines is 1. The molecule has 1 aliphatic heterocycles. The van der Waals surface area contributed by atoms with Gasteiger partial charge in [-0.1, -0.05) is 25.1 Å². The van der Waals surface area contributed by atoms with Crippen LogP contribution >= 0.6 is 0 Å². The molecule has 2 aromatic carbocycles. The third-order valence-corrected chi connectivity index (χ3v) is 6.82. The van der Waals surface area contributed by atoms with E-state index < -0.39 is 0 Å². The molecule has 0 radical (unpaired) electrons. The zero-order valence-electron chi connectivity index (χ0n) is 20.7. The standard InChI is InChI=1S/C27H36N4O3/c1-5-23(32)20-12-14-31(15-13-20)18-26-28-22-9-7-6-8-21(22)27(29-26)30(2)17-19-10-11-24(33-3)25(16-19)34-4/h6-11,16,20,23,32H,5,12-15,17-18H2,1-4H3/t23-/m1/s1. The summed E-state index contributed by atoms with van der Waals surface area (Å²) in [6, 6.07) is 14.2. The van der Waals surface area contributed by atoms with Crippen LogP contribution in [-0.2, 0) is 13.1 Å². The largest absolute Gasteiger partial charge is 0.493 e. The normalized spacial score (nSPS) is 15.9. The van der Waals surface area contributed by atoms with E-state index in [0.717, 1.165) is 78.5 Å². The van der Waals surface area contributed by atoms with Gasteiger partial charge in [0.2, 0.25) is 0 Å². The molecular formula is C27H36N4O3. The van der Waals surface area contributed by atoms with Crippen molar-refractivity contribution in [2.75, 3.05) is 39.3 Å². The molecule has 1 atom stereocenters. The summed E-state index contributed by atoms with van der Waals surface area (Å²) in [7, 11) is 5.36. The number of methoxy groups -OCH3 is 2. The highest BCUT2D eigenvalue weighted by Crippen LogP contribution is 2.30. The topological polar surface area (TPSA) is 71.0 Å². The minimum atomic E-state index is -0.184. The first-order valence-corrected chi connectivity index (χ1v) is 12.1. The lowest BCUT2D eigenvalue weighted by Gasteiger charge is -2.33. The van der Waals surface area contributed by atoms with Crippen LogP contribution in [0.15, 0.2) is 42.5 Å². The van der Waals surface area contributed by atoms with Gasteiger partial charge >= 0.3 is 0 Å². The number of aromatic nitrogens is 2. The number of benzene rings is 2. The van der Waals surface area contributed by atoms with E-state index in [1.54, 1.807) is 14.2 Å². The van der Waals surface area contributed by atoms with Gasteiger partial charge < -0.3 is 19.5 Å². The number of hydrogen-bond donors (Lipinski definition) is 1. The maximum Gasteiger partial charge on any atom is 0.161 e. The molecule has 3 aromatic rings. The number of nitrogens with zero attached hydrogens (tertiary/aromatic N) is 4. The predicted molar refractivity (Wildman–Crippen MR) is 135 cm³/mol. The van der Waals surface area contributed by atoms with Gasteiger partial charge in [0.05, 0.1) is 32.4 Å². The monoisotopic (exact) mass is 464 g/mol. The first-order chi connectivity index (χ1) is 16.5. The van der Waals surface area contributed by atoms with Gasteiger partial charge in [-0.3, -0.25) is 4.90 Å². The fraction of sp³-hybridized carbons (Fsp3) is 0.481. The Labute approximate surface area is 202 Å². The van der Waals surface area contributed by atoms with Crippen molar-refractivity contribution < 1.29 is 14.6 Å². The highest BCUT2D eigenvalue weighted by Gasteiger charge is 2.25. The number of hydrogen-bond acceptors (Lipinski definition) is 7. The smallest absolute Gasteiger partial charge is 0.161 e. The molecule has 1 fully saturated rings. The molecule has 2 heterocycles. The summed E-state index contributed by atoms with van der Waals surface area (Å²) in [5.74, 6) is 3.60. The van der Waals surface area contributed by atoms with Crippen LogP contribution in [0.1, 0.15) is 37.6 Å². The Kier molecular flexibility index (Phi) is 7.85.